The van der Waals surface area contributed by atoms with Gasteiger partial charge >= 0.3 is 5.97 Å². The monoisotopic (exact) mass is 464 g/mol. The van der Waals surface area contributed by atoms with E-state index in [1.807, 2.05) is 30.9 Å². The van der Waals surface area contributed by atoms with E-state index in [2.05, 4.69) is 13.8 Å². The highest BCUT2D eigenvalue weighted by atomic mass is 32.2. The summed E-state index contributed by atoms with van der Waals surface area (Å²) >= 11 is 0. The number of hydrogen-bond acceptors (Lipinski definition) is 5. The van der Waals surface area contributed by atoms with Crippen molar-refractivity contribution in [1.29, 1.82) is 0 Å². The van der Waals surface area contributed by atoms with Crippen molar-refractivity contribution in [2.75, 3.05) is 19.7 Å². The molecule has 2 unspecified atom stereocenters. The Morgan fingerprint density at radius 1 is 1.00 bits per heavy atom. The Morgan fingerprint density at radius 2 is 1.56 bits per heavy atom. The first kappa shape index (κ1) is 24.7. The first-order valence-electron chi connectivity index (χ1n) is 11.7. The second-order valence-electron chi connectivity index (χ2n) is 9.44. The van der Waals surface area contributed by atoms with E-state index in [-0.39, 0.29) is 48.5 Å². The van der Waals surface area contributed by atoms with Gasteiger partial charge in [-0.1, -0.05) is 26.0 Å². The number of rotatable bonds is 6. The molecule has 2 heterocycles. The topological polar surface area (TPSA) is 84.0 Å². The summed E-state index contributed by atoms with van der Waals surface area (Å²) < 4.78 is 32.7. The van der Waals surface area contributed by atoms with Gasteiger partial charge in [0, 0.05) is 25.2 Å². The summed E-state index contributed by atoms with van der Waals surface area (Å²) in [4.78, 5) is 27.2. The van der Waals surface area contributed by atoms with Crippen LogP contribution in [0.2, 0.25) is 0 Å². The fraction of sp³-hybridized carbons (Fsp3) is 0.667. The Labute approximate surface area is 192 Å². The van der Waals surface area contributed by atoms with Gasteiger partial charge in [-0.25, -0.2) is 8.42 Å². The Hall–Kier alpha value is -1.93. The number of benzene rings is 1. The van der Waals surface area contributed by atoms with E-state index < -0.39 is 16.0 Å². The van der Waals surface area contributed by atoms with Gasteiger partial charge in [-0.05, 0) is 69.6 Å². The number of piperidine rings is 2. The molecule has 2 saturated heterocycles. The zero-order chi connectivity index (χ0) is 23.5. The second kappa shape index (κ2) is 10.3. The van der Waals surface area contributed by atoms with Crippen molar-refractivity contribution >= 4 is 21.9 Å². The standard InChI is InChI=1S/C24H36N2O5S/c1-17(2)20-8-10-22(11-9-20)32(29,30)25-14-12-21(13-15-25)24(28)31-16-23(27)26-18(3)6-5-7-19(26)4/h8-11,17-19,21H,5-7,12-16H2,1-4H3. The minimum atomic E-state index is -3.59. The average Bonchev–Trinajstić information content (AvgIpc) is 2.77. The maximum absolute atomic E-state index is 13.0. The molecule has 1 aromatic carbocycles. The molecule has 32 heavy (non-hydrogen) atoms. The maximum atomic E-state index is 13.0. The van der Waals surface area contributed by atoms with Gasteiger partial charge in [-0.3, -0.25) is 9.59 Å². The molecule has 2 aliphatic rings. The molecule has 2 fully saturated rings. The van der Waals surface area contributed by atoms with E-state index in [1.54, 1.807) is 12.1 Å². The SMILES string of the molecule is CC(C)c1ccc(S(=O)(=O)N2CCC(C(=O)OCC(=O)N3C(C)CCCC3C)CC2)cc1. The van der Waals surface area contributed by atoms with Crippen LogP contribution in [0.25, 0.3) is 0 Å². The lowest BCUT2D eigenvalue weighted by molar-refractivity contribution is -0.158. The van der Waals surface area contributed by atoms with Gasteiger partial charge < -0.3 is 9.64 Å². The van der Waals surface area contributed by atoms with Crippen LogP contribution in [0.1, 0.15) is 71.3 Å². The Bertz CT molecular complexity index is 895. The van der Waals surface area contributed by atoms with Crippen molar-refractivity contribution in [3.05, 3.63) is 29.8 Å². The predicted octanol–water partition coefficient (Wildman–Crippen LogP) is 3.54. The van der Waals surface area contributed by atoms with Gasteiger partial charge in [-0.15, -0.1) is 0 Å². The second-order valence-corrected chi connectivity index (χ2v) is 11.4. The van der Waals surface area contributed by atoms with Crippen molar-refractivity contribution in [2.24, 2.45) is 5.92 Å². The summed E-state index contributed by atoms with van der Waals surface area (Å²) in [7, 11) is -3.59. The van der Waals surface area contributed by atoms with Crippen LogP contribution >= 0.6 is 0 Å². The molecule has 7 nitrogen and oxygen atoms in total. The van der Waals surface area contributed by atoms with Crippen LogP contribution < -0.4 is 0 Å². The zero-order valence-corrected chi connectivity index (χ0v) is 20.4. The van der Waals surface area contributed by atoms with Crippen molar-refractivity contribution in [1.82, 2.24) is 9.21 Å². The van der Waals surface area contributed by atoms with Crippen LogP contribution in [0.4, 0.5) is 0 Å². The van der Waals surface area contributed by atoms with Gasteiger partial charge in [0.2, 0.25) is 10.0 Å². The number of ether oxygens (including phenoxy) is 1. The third-order valence-corrected chi connectivity index (χ3v) is 8.70. The molecular weight excluding hydrogens is 428 g/mol. The van der Waals surface area contributed by atoms with Crippen LogP contribution in [0.3, 0.4) is 0 Å². The quantitative estimate of drug-likeness (QED) is 0.601. The van der Waals surface area contributed by atoms with E-state index in [9.17, 15) is 18.0 Å². The van der Waals surface area contributed by atoms with Gasteiger partial charge in [-0.2, -0.15) is 4.31 Å². The van der Waals surface area contributed by atoms with E-state index in [1.165, 1.54) is 4.31 Å². The highest BCUT2D eigenvalue weighted by molar-refractivity contribution is 7.89. The molecule has 0 N–H and O–H groups in total. The molecule has 2 aliphatic heterocycles. The van der Waals surface area contributed by atoms with Crippen LogP contribution in [0.5, 0.6) is 0 Å². The highest BCUT2D eigenvalue weighted by Crippen LogP contribution is 2.26. The fourth-order valence-electron chi connectivity index (χ4n) is 4.74. The molecular formula is C24H36N2O5S. The van der Waals surface area contributed by atoms with Gasteiger partial charge in [0.25, 0.3) is 5.91 Å². The van der Waals surface area contributed by atoms with Gasteiger partial charge in [0.05, 0.1) is 10.8 Å². The van der Waals surface area contributed by atoms with Gasteiger partial charge in [0.15, 0.2) is 6.61 Å². The molecule has 0 radical (unpaired) electrons. The molecule has 1 aromatic rings. The molecule has 1 amide bonds. The Morgan fingerprint density at radius 3 is 2.09 bits per heavy atom. The molecule has 8 heteroatoms. The van der Waals surface area contributed by atoms with Crippen molar-refractivity contribution < 1.29 is 22.7 Å². The van der Waals surface area contributed by atoms with Crippen molar-refractivity contribution in [2.45, 2.75) is 82.7 Å². The number of amides is 1. The number of esters is 1. The summed E-state index contributed by atoms with van der Waals surface area (Å²) in [6.07, 6.45) is 3.84. The largest absolute Gasteiger partial charge is 0.455 e. The van der Waals surface area contributed by atoms with E-state index >= 15 is 0 Å². The Kier molecular flexibility index (Phi) is 7.98. The molecule has 0 aromatic heterocycles. The summed E-state index contributed by atoms with van der Waals surface area (Å²) in [5.41, 5.74) is 1.09. The van der Waals surface area contributed by atoms with Crippen LogP contribution in [-0.4, -0.2) is 61.3 Å². The highest BCUT2D eigenvalue weighted by Gasteiger charge is 2.34. The molecule has 0 spiro atoms. The lowest BCUT2D eigenvalue weighted by Gasteiger charge is -2.39. The number of sulfonamides is 1. The molecule has 2 atom stereocenters. The molecule has 3 rings (SSSR count). The number of carbonyl (C=O) groups is 2. The smallest absolute Gasteiger partial charge is 0.309 e. The summed E-state index contributed by atoms with van der Waals surface area (Å²) in [5, 5.41) is 0. The fourth-order valence-corrected chi connectivity index (χ4v) is 6.21. The number of nitrogens with zero attached hydrogens (tertiary/aromatic N) is 2. The molecule has 0 bridgehead atoms. The Balaban J connectivity index is 1.51. The number of likely N-dealkylation sites (tertiary alicyclic amines) is 1. The van der Waals surface area contributed by atoms with Crippen LogP contribution in [-0.2, 0) is 24.3 Å². The molecule has 0 aliphatic carbocycles. The third-order valence-electron chi connectivity index (χ3n) is 6.79. The zero-order valence-electron chi connectivity index (χ0n) is 19.6. The minimum absolute atomic E-state index is 0.150. The van der Waals surface area contributed by atoms with E-state index in [0.29, 0.717) is 18.8 Å². The van der Waals surface area contributed by atoms with Crippen LogP contribution in [0.15, 0.2) is 29.2 Å². The molecule has 178 valence electrons. The summed E-state index contributed by atoms with van der Waals surface area (Å²) in [6, 6.07) is 7.32. The van der Waals surface area contributed by atoms with Crippen molar-refractivity contribution in [3.63, 3.8) is 0 Å². The van der Waals surface area contributed by atoms with Crippen molar-refractivity contribution in [3.8, 4) is 0 Å². The number of carbonyl (C=O) groups excluding carboxylic acids is 2. The first-order valence-corrected chi connectivity index (χ1v) is 13.1. The normalized spacial score (nSPS) is 23.3. The first-order chi connectivity index (χ1) is 15.1. The van der Waals surface area contributed by atoms with E-state index in [0.717, 1.165) is 24.8 Å². The van der Waals surface area contributed by atoms with Gasteiger partial charge in [0.1, 0.15) is 0 Å². The summed E-state index contributed by atoms with van der Waals surface area (Å²) in [5.74, 6) is -0.604. The number of hydrogen-bond donors (Lipinski definition) is 0. The third kappa shape index (κ3) is 5.52. The maximum Gasteiger partial charge on any atom is 0.309 e. The summed E-state index contributed by atoms with van der Waals surface area (Å²) in [6.45, 7) is 8.48. The van der Waals surface area contributed by atoms with Crippen LogP contribution in [0, 0.1) is 5.92 Å². The average molecular weight is 465 g/mol. The lowest BCUT2D eigenvalue weighted by atomic mass is 9.97. The lowest BCUT2D eigenvalue weighted by Crippen LogP contribution is -2.49. The molecule has 0 saturated carbocycles. The minimum Gasteiger partial charge on any atom is -0.455 e. The van der Waals surface area contributed by atoms with E-state index in [4.69, 9.17) is 4.74 Å². The predicted molar refractivity (Wildman–Crippen MR) is 123 cm³/mol.